The normalized spacial score (nSPS) is 17.9. The maximum absolute atomic E-state index is 12.2. The highest BCUT2D eigenvalue weighted by Gasteiger charge is 2.21. The first kappa shape index (κ1) is 14.5. The van der Waals surface area contributed by atoms with Crippen LogP contribution < -0.4 is 0 Å². The number of aromatic carboxylic acids is 1. The second-order valence-corrected chi connectivity index (χ2v) is 5.14. The fourth-order valence-electron chi connectivity index (χ4n) is 2.40. The molecule has 1 aliphatic rings. The number of hydrogen-bond donors (Lipinski definition) is 1. The highest BCUT2D eigenvalue weighted by molar-refractivity contribution is 5.91. The first-order valence-electron chi connectivity index (χ1n) is 6.71. The molecule has 0 saturated carbocycles. The molecule has 1 heterocycles. The van der Waals surface area contributed by atoms with Crippen LogP contribution in [0.2, 0.25) is 0 Å². The van der Waals surface area contributed by atoms with Crippen LogP contribution in [0.4, 0.5) is 0 Å². The minimum absolute atomic E-state index is 0.0643. The molecular formula is C15H19NO4. The topological polar surface area (TPSA) is 66.8 Å². The van der Waals surface area contributed by atoms with Crippen molar-refractivity contribution in [1.29, 1.82) is 0 Å². The summed E-state index contributed by atoms with van der Waals surface area (Å²) in [6, 6.07) is 6.63. The Morgan fingerprint density at radius 1 is 1.40 bits per heavy atom. The van der Waals surface area contributed by atoms with Crippen molar-refractivity contribution in [2.75, 3.05) is 26.8 Å². The van der Waals surface area contributed by atoms with Crippen LogP contribution >= 0.6 is 0 Å². The van der Waals surface area contributed by atoms with Crippen molar-refractivity contribution in [3.8, 4) is 0 Å². The van der Waals surface area contributed by atoms with Gasteiger partial charge in [-0.3, -0.25) is 4.79 Å². The summed E-state index contributed by atoms with van der Waals surface area (Å²) in [7, 11) is 1.75. The van der Waals surface area contributed by atoms with E-state index < -0.39 is 5.97 Å². The highest BCUT2D eigenvalue weighted by atomic mass is 16.5. The predicted octanol–water partition coefficient (Wildman–Crippen LogP) is 1.42. The van der Waals surface area contributed by atoms with Crippen molar-refractivity contribution < 1.29 is 19.4 Å². The van der Waals surface area contributed by atoms with E-state index in [2.05, 4.69) is 0 Å². The maximum atomic E-state index is 12.2. The Kier molecular flexibility index (Phi) is 4.74. The van der Waals surface area contributed by atoms with Crippen molar-refractivity contribution in [3.05, 3.63) is 35.4 Å². The number of likely N-dealkylation sites (N-methyl/N-ethyl adjacent to an activating group) is 1. The van der Waals surface area contributed by atoms with Gasteiger partial charge in [-0.25, -0.2) is 4.79 Å². The van der Waals surface area contributed by atoms with Gasteiger partial charge in [0.05, 0.1) is 18.6 Å². The molecule has 20 heavy (non-hydrogen) atoms. The minimum Gasteiger partial charge on any atom is -0.478 e. The lowest BCUT2D eigenvalue weighted by atomic mass is 10.0. The number of nitrogens with zero attached hydrogens (tertiary/aromatic N) is 1. The number of carboxylic acid groups (broad SMARTS) is 1. The van der Waals surface area contributed by atoms with Crippen molar-refractivity contribution in [2.24, 2.45) is 5.92 Å². The molecule has 1 atom stereocenters. The lowest BCUT2D eigenvalue weighted by molar-refractivity contribution is -0.129. The summed E-state index contributed by atoms with van der Waals surface area (Å²) in [6.45, 7) is 2.12. The number of amides is 1. The minimum atomic E-state index is -1.000. The molecule has 0 radical (unpaired) electrons. The van der Waals surface area contributed by atoms with Crippen LogP contribution in [0.15, 0.2) is 24.3 Å². The number of carbonyl (C=O) groups is 2. The van der Waals surface area contributed by atoms with Gasteiger partial charge in [-0.15, -0.1) is 0 Å². The molecule has 1 aromatic rings. The van der Waals surface area contributed by atoms with Crippen LogP contribution in [0.3, 0.4) is 0 Å². The van der Waals surface area contributed by atoms with Gasteiger partial charge in [-0.1, -0.05) is 18.2 Å². The molecule has 0 spiro atoms. The Morgan fingerprint density at radius 2 is 2.15 bits per heavy atom. The number of carbonyl (C=O) groups excluding carboxylic acids is 1. The third kappa shape index (κ3) is 3.57. The molecular weight excluding hydrogens is 258 g/mol. The number of rotatable bonds is 5. The third-order valence-corrected chi connectivity index (χ3v) is 3.57. The molecule has 0 bridgehead atoms. The van der Waals surface area contributed by atoms with Gasteiger partial charge in [0.15, 0.2) is 0 Å². The van der Waals surface area contributed by atoms with Crippen molar-refractivity contribution in [3.63, 3.8) is 0 Å². The Hall–Kier alpha value is -1.88. The van der Waals surface area contributed by atoms with E-state index in [0.29, 0.717) is 24.6 Å². The van der Waals surface area contributed by atoms with E-state index in [1.807, 2.05) is 0 Å². The van der Waals surface area contributed by atoms with Gasteiger partial charge in [0.25, 0.3) is 0 Å². The lowest BCUT2D eigenvalue weighted by Gasteiger charge is -2.20. The zero-order chi connectivity index (χ0) is 14.5. The van der Waals surface area contributed by atoms with Gasteiger partial charge < -0.3 is 14.7 Å². The second-order valence-electron chi connectivity index (χ2n) is 5.14. The van der Waals surface area contributed by atoms with E-state index in [1.54, 1.807) is 30.1 Å². The van der Waals surface area contributed by atoms with E-state index in [1.165, 1.54) is 6.07 Å². The van der Waals surface area contributed by atoms with E-state index >= 15 is 0 Å². The standard InChI is InChI=1S/C15H19NO4/c1-16(9-11-6-7-20-10-11)14(17)8-12-4-2-3-5-13(12)15(18)19/h2-5,11H,6-10H2,1H3,(H,18,19). The summed E-state index contributed by atoms with van der Waals surface area (Å²) in [5, 5.41) is 9.11. The SMILES string of the molecule is CN(CC1CCOC1)C(=O)Cc1ccccc1C(=O)O. The van der Waals surface area contributed by atoms with Gasteiger partial charge in [0.1, 0.15) is 0 Å². The lowest BCUT2D eigenvalue weighted by Crippen LogP contribution is -2.33. The molecule has 1 saturated heterocycles. The van der Waals surface area contributed by atoms with Crippen LogP contribution in [0, 0.1) is 5.92 Å². The van der Waals surface area contributed by atoms with Gasteiger partial charge in [0.2, 0.25) is 5.91 Å². The summed E-state index contributed by atoms with van der Waals surface area (Å²) in [5.74, 6) is -0.676. The Morgan fingerprint density at radius 3 is 2.80 bits per heavy atom. The van der Waals surface area contributed by atoms with Gasteiger partial charge in [-0.05, 0) is 18.1 Å². The quantitative estimate of drug-likeness (QED) is 0.884. The molecule has 5 heteroatoms. The zero-order valence-electron chi connectivity index (χ0n) is 11.5. The number of ether oxygens (including phenoxy) is 1. The number of carboxylic acids is 1. The summed E-state index contributed by atoms with van der Waals surface area (Å²) in [5.41, 5.74) is 0.748. The Bertz CT molecular complexity index is 494. The Labute approximate surface area is 118 Å². The van der Waals surface area contributed by atoms with Crippen LogP contribution in [-0.4, -0.2) is 48.7 Å². The molecule has 1 fully saturated rings. The first-order valence-corrected chi connectivity index (χ1v) is 6.71. The van der Waals surface area contributed by atoms with Crippen LogP contribution in [0.5, 0.6) is 0 Å². The van der Waals surface area contributed by atoms with Gasteiger partial charge >= 0.3 is 5.97 Å². The maximum Gasteiger partial charge on any atom is 0.335 e. The van der Waals surface area contributed by atoms with E-state index in [9.17, 15) is 9.59 Å². The summed E-state index contributed by atoms with van der Waals surface area (Å²) in [4.78, 5) is 24.9. The molecule has 2 rings (SSSR count). The van der Waals surface area contributed by atoms with Gasteiger partial charge in [-0.2, -0.15) is 0 Å². The molecule has 0 aliphatic carbocycles. The first-order chi connectivity index (χ1) is 9.58. The van der Waals surface area contributed by atoms with Crippen molar-refractivity contribution in [2.45, 2.75) is 12.8 Å². The average Bonchev–Trinajstić information content (AvgIpc) is 2.91. The summed E-state index contributed by atoms with van der Waals surface area (Å²) >= 11 is 0. The smallest absolute Gasteiger partial charge is 0.335 e. The molecule has 1 unspecified atom stereocenters. The van der Waals surface area contributed by atoms with Crippen LogP contribution in [0.1, 0.15) is 22.3 Å². The van der Waals surface area contributed by atoms with Crippen molar-refractivity contribution >= 4 is 11.9 Å². The average molecular weight is 277 g/mol. The molecule has 1 aliphatic heterocycles. The molecule has 1 aromatic carbocycles. The summed E-state index contributed by atoms with van der Waals surface area (Å²) in [6.07, 6.45) is 1.09. The largest absolute Gasteiger partial charge is 0.478 e. The molecule has 1 amide bonds. The predicted molar refractivity (Wildman–Crippen MR) is 73.7 cm³/mol. The molecule has 5 nitrogen and oxygen atoms in total. The van der Waals surface area contributed by atoms with E-state index in [0.717, 1.165) is 13.0 Å². The molecule has 108 valence electrons. The fourth-order valence-corrected chi connectivity index (χ4v) is 2.40. The molecule has 1 N–H and O–H groups in total. The van der Waals surface area contributed by atoms with Crippen molar-refractivity contribution in [1.82, 2.24) is 4.90 Å². The number of hydrogen-bond acceptors (Lipinski definition) is 3. The highest BCUT2D eigenvalue weighted by Crippen LogP contribution is 2.15. The molecule has 0 aromatic heterocycles. The van der Waals surface area contributed by atoms with E-state index in [4.69, 9.17) is 9.84 Å². The third-order valence-electron chi connectivity index (χ3n) is 3.57. The van der Waals surface area contributed by atoms with Gasteiger partial charge in [0, 0.05) is 26.1 Å². The van der Waals surface area contributed by atoms with E-state index in [-0.39, 0.29) is 17.9 Å². The monoisotopic (exact) mass is 277 g/mol. The fraction of sp³-hybridized carbons (Fsp3) is 0.467. The Balaban J connectivity index is 1.98. The number of benzene rings is 1. The second kappa shape index (κ2) is 6.52. The van der Waals surface area contributed by atoms with Crippen LogP contribution in [-0.2, 0) is 16.0 Å². The van der Waals surface area contributed by atoms with Crippen LogP contribution in [0.25, 0.3) is 0 Å². The summed E-state index contributed by atoms with van der Waals surface area (Å²) < 4.78 is 5.29. The zero-order valence-corrected chi connectivity index (χ0v) is 11.5.